The maximum atomic E-state index is 11.9. The van der Waals surface area contributed by atoms with Crippen molar-refractivity contribution in [1.82, 2.24) is 15.5 Å². The summed E-state index contributed by atoms with van der Waals surface area (Å²) in [5.41, 5.74) is -0.815. The minimum atomic E-state index is -0.815. The number of hydrogen-bond acceptors (Lipinski definition) is 4. The molecule has 19 heavy (non-hydrogen) atoms. The van der Waals surface area contributed by atoms with Gasteiger partial charge in [-0.1, -0.05) is 13.8 Å². The predicted octanol–water partition coefficient (Wildman–Crippen LogP) is 0.195. The molecule has 3 N–H and O–H groups in total. The highest BCUT2D eigenvalue weighted by Gasteiger charge is 2.23. The molecule has 1 aliphatic heterocycles. The van der Waals surface area contributed by atoms with E-state index in [0.29, 0.717) is 25.4 Å². The van der Waals surface area contributed by atoms with E-state index in [2.05, 4.69) is 29.4 Å². The van der Waals surface area contributed by atoms with Gasteiger partial charge in [0, 0.05) is 19.6 Å². The zero-order chi connectivity index (χ0) is 14.3. The lowest BCUT2D eigenvalue weighted by atomic mass is 9.94. The fraction of sp³-hybridized carbons (Fsp3) is 0.929. The fourth-order valence-corrected chi connectivity index (χ4v) is 2.56. The molecule has 0 aromatic heterocycles. The Morgan fingerprint density at radius 3 is 2.84 bits per heavy atom. The number of rotatable bonds is 6. The molecule has 1 atom stereocenters. The Morgan fingerprint density at radius 1 is 1.42 bits per heavy atom. The maximum absolute atomic E-state index is 11.9. The molecule has 112 valence electrons. The first-order valence-corrected chi connectivity index (χ1v) is 7.31. The fourth-order valence-electron chi connectivity index (χ4n) is 2.56. The van der Waals surface area contributed by atoms with Crippen LogP contribution in [-0.2, 0) is 4.79 Å². The van der Waals surface area contributed by atoms with Crippen molar-refractivity contribution in [1.29, 1.82) is 0 Å². The average Bonchev–Trinajstić information content (AvgIpc) is 2.53. The monoisotopic (exact) mass is 271 g/mol. The molecule has 5 nitrogen and oxygen atoms in total. The van der Waals surface area contributed by atoms with Gasteiger partial charge in [0.15, 0.2) is 0 Å². The van der Waals surface area contributed by atoms with Crippen molar-refractivity contribution in [3.05, 3.63) is 0 Å². The first kappa shape index (κ1) is 16.4. The number of nitrogens with one attached hydrogen (secondary N) is 2. The average molecular weight is 271 g/mol. The zero-order valence-electron chi connectivity index (χ0n) is 12.5. The minimum Gasteiger partial charge on any atom is -0.388 e. The number of hydrogen-bond donors (Lipinski definition) is 3. The van der Waals surface area contributed by atoms with Crippen molar-refractivity contribution in [3.63, 3.8) is 0 Å². The van der Waals surface area contributed by atoms with E-state index in [1.54, 1.807) is 6.92 Å². The molecular weight excluding hydrogens is 242 g/mol. The van der Waals surface area contributed by atoms with Gasteiger partial charge in [-0.25, -0.2) is 0 Å². The van der Waals surface area contributed by atoms with E-state index < -0.39 is 5.60 Å². The van der Waals surface area contributed by atoms with Crippen LogP contribution in [0.2, 0.25) is 0 Å². The van der Waals surface area contributed by atoms with Gasteiger partial charge in [0.2, 0.25) is 5.91 Å². The molecule has 0 aromatic rings. The van der Waals surface area contributed by atoms with Crippen LogP contribution in [0.1, 0.15) is 33.6 Å². The third-order valence-corrected chi connectivity index (χ3v) is 3.31. The Kier molecular flexibility index (Phi) is 6.75. The van der Waals surface area contributed by atoms with E-state index in [9.17, 15) is 9.90 Å². The van der Waals surface area contributed by atoms with Crippen LogP contribution in [0.5, 0.6) is 0 Å². The molecule has 1 fully saturated rings. The van der Waals surface area contributed by atoms with Gasteiger partial charge in [-0.2, -0.15) is 0 Å². The highest BCUT2D eigenvalue weighted by molar-refractivity contribution is 5.78. The third-order valence-electron chi connectivity index (χ3n) is 3.31. The van der Waals surface area contributed by atoms with E-state index in [4.69, 9.17) is 0 Å². The molecule has 1 amide bonds. The van der Waals surface area contributed by atoms with Gasteiger partial charge in [-0.3, -0.25) is 9.69 Å². The summed E-state index contributed by atoms with van der Waals surface area (Å²) in [6.45, 7) is 10.5. The summed E-state index contributed by atoms with van der Waals surface area (Å²) in [5, 5.41) is 16.3. The van der Waals surface area contributed by atoms with Crippen molar-refractivity contribution in [3.8, 4) is 0 Å². The molecule has 0 spiro atoms. The minimum absolute atomic E-state index is 0.00549. The lowest BCUT2D eigenvalue weighted by molar-refractivity contribution is -0.123. The second-order valence-corrected chi connectivity index (χ2v) is 6.25. The van der Waals surface area contributed by atoms with E-state index in [0.717, 1.165) is 32.6 Å². The molecule has 1 unspecified atom stereocenters. The predicted molar refractivity (Wildman–Crippen MR) is 77.0 cm³/mol. The van der Waals surface area contributed by atoms with Crippen molar-refractivity contribution in [2.45, 2.75) is 39.2 Å². The number of carbonyl (C=O) groups is 1. The van der Waals surface area contributed by atoms with E-state index in [1.807, 2.05) is 0 Å². The van der Waals surface area contributed by atoms with Crippen LogP contribution in [0.15, 0.2) is 0 Å². The zero-order valence-corrected chi connectivity index (χ0v) is 12.5. The molecule has 5 heteroatoms. The van der Waals surface area contributed by atoms with Crippen LogP contribution < -0.4 is 10.6 Å². The Balaban J connectivity index is 2.26. The smallest absolute Gasteiger partial charge is 0.234 e. The molecule has 1 saturated heterocycles. The van der Waals surface area contributed by atoms with Crippen LogP contribution in [0.25, 0.3) is 0 Å². The highest BCUT2D eigenvalue weighted by atomic mass is 16.3. The van der Waals surface area contributed by atoms with Crippen LogP contribution in [0, 0.1) is 5.92 Å². The molecule has 1 heterocycles. The molecule has 1 aliphatic rings. The number of nitrogens with zero attached hydrogens (tertiary/aromatic N) is 1. The van der Waals surface area contributed by atoms with E-state index >= 15 is 0 Å². The van der Waals surface area contributed by atoms with Gasteiger partial charge in [0.1, 0.15) is 0 Å². The summed E-state index contributed by atoms with van der Waals surface area (Å²) in [6.07, 6.45) is 1.78. The van der Waals surface area contributed by atoms with Gasteiger partial charge in [0.25, 0.3) is 0 Å². The van der Waals surface area contributed by atoms with Gasteiger partial charge in [0.05, 0.1) is 12.1 Å². The van der Waals surface area contributed by atoms with Crippen LogP contribution >= 0.6 is 0 Å². The van der Waals surface area contributed by atoms with Crippen LogP contribution in [-0.4, -0.2) is 60.8 Å². The summed E-state index contributed by atoms with van der Waals surface area (Å²) >= 11 is 0. The van der Waals surface area contributed by atoms with Crippen molar-refractivity contribution in [2.75, 3.05) is 39.3 Å². The van der Waals surface area contributed by atoms with Crippen molar-refractivity contribution >= 4 is 5.91 Å². The molecule has 0 radical (unpaired) electrons. The van der Waals surface area contributed by atoms with Gasteiger partial charge in [-0.15, -0.1) is 0 Å². The Bertz CT molecular complexity index is 272. The van der Waals surface area contributed by atoms with E-state index in [1.165, 1.54) is 0 Å². The topological polar surface area (TPSA) is 64.6 Å². The Labute approximate surface area is 116 Å². The largest absolute Gasteiger partial charge is 0.388 e. The van der Waals surface area contributed by atoms with Crippen LogP contribution in [0.3, 0.4) is 0 Å². The van der Waals surface area contributed by atoms with E-state index in [-0.39, 0.29) is 5.91 Å². The number of aliphatic hydroxyl groups is 1. The molecule has 0 aromatic carbocycles. The first-order chi connectivity index (χ1) is 8.89. The summed E-state index contributed by atoms with van der Waals surface area (Å²) in [7, 11) is 0. The van der Waals surface area contributed by atoms with Gasteiger partial charge < -0.3 is 15.7 Å². The summed E-state index contributed by atoms with van der Waals surface area (Å²) in [5.74, 6) is 0.425. The number of carbonyl (C=O) groups excluding carboxylic acids is 1. The molecular formula is C14H29N3O2. The Hall–Kier alpha value is -0.650. The maximum Gasteiger partial charge on any atom is 0.234 e. The lowest BCUT2D eigenvalue weighted by Crippen LogP contribution is -2.45. The Morgan fingerprint density at radius 2 is 2.16 bits per heavy atom. The quantitative estimate of drug-likeness (QED) is 0.645. The summed E-state index contributed by atoms with van der Waals surface area (Å²) in [4.78, 5) is 14.0. The lowest BCUT2D eigenvalue weighted by Gasteiger charge is -2.26. The molecule has 0 bridgehead atoms. The molecule has 0 aliphatic carbocycles. The molecule has 0 saturated carbocycles. The SMILES string of the molecule is CC(C)CC(C)(O)CNC(=O)CN1CCCNCC1. The standard InChI is InChI=1S/C14H29N3O2/c1-12(2)9-14(3,19)11-16-13(18)10-17-7-4-5-15-6-8-17/h12,15,19H,4-11H2,1-3H3,(H,16,18). The van der Waals surface area contributed by atoms with Crippen LogP contribution in [0.4, 0.5) is 0 Å². The normalized spacial score (nSPS) is 20.9. The molecule has 1 rings (SSSR count). The van der Waals surface area contributed by atoms with Crippen molar-refractivity contribution in [2.24, 2.45) is 5.92 Å². The third kappa shape index (κ3) is 7.50. The van der Waals surface area contributed by atoms with Gasteiger partial charge >= 0.3 is 0 Å². The van der Waals surface area contributed by atoms with Gasteiger partial charge in [-0.05, 0) is 38.8 Å². The summed E-state index contributed by atoms with van der Waals surface area (Å²) in [6, 6.07) is 0. The second kappa shape index (κ2) is 7.82. The second-order valence-electron chi connectivity index (χ2n) is 6.25. The first-order valence-electron chi connectivity index (χ1n) is 7.31. The summed E-state index contributed by atoms with van der Waals surface area (Å²) < 4.78 is 0. The highest BCUT2D eigenvalue weighted by Crippen LogP contribution is 2.14. The van der Waals surface area contributed by atoms with Crippen molar-refractivity contribution < 1.29 is 9.90 Å². The number of amides is 1.